The lowest BCUT2D eigenvalue weighted by Crippen LogP contribution is -2.52. The third kappa shape index (κ3) is 5.45. The second-order valence-electron chi connectivity index (χ2n) is 8.19. The van der Waals surface area contributed by atoms with Gasteiger partial charge in [0.25, 0.3) is 0 Å². The fourth-order valence-electron chi connectivity index (χ4n) is 3.97. The summed E-state index contributed by atoms with van der Waals surface area (Å²) in [5.74, 6) is -1.43. The molecule has 0 spiro atoms. The van der Waals surface area contributed by atoms with Gasteiger partial charge in [-0.2, -0.15) is 0 Å². The number of nitrogens with zero attached hydrogens (tertiary/aromatic N) is 2. The summed E-state index contributed by atoms with van der Waals surface area (Å²) in [6.07, 6.45) is -0.847. The molecule has 1 atom stereocenters. The van der Waals surface area contributed by atoms with E-state index in [1.54, 1.807) is 19.0 Å². The van der Waals surface area contributed by atoms with Crippen LogP contribution in [0.15, 0.2) is 48.5 Å². The maximum atomic E-state index is 12.8. The lowest BCUT2D eigenvalue weighted by molar-refractivity contribution is -0.138. The second-order valence-corrected chi connectivity index (χ2v) is 8.19. The van der Waals surface area contributed by atoms with Crippen molar-refractivity contribution in [1.29, 1.82) is 0 Å². The van der Waals surface area contributed by atoms with E-state index in [1.165, 1.54) is 11.9 Å². The molecule has 2 N–H and O–H groups in total. The highest BCUT2D eigenvalue weighted by Crippen LogP contribution is 2.44. The van der Waals surface area contributed by atoms with Crippen LogP contribution < -0.4 is 5.32 Å². The Kier molecular flexibility index (Phi) is 7.48. The first-order chi connectivity index (χ1) is 15.3. The van der Waals surface area contributed by atoms with Crippen LogP contribution in [0.5, 0.6) is 0 Å². The molecule has 2 aromatic rings. The molecule has 0 aliphatic heterocycles. The fourth-order valence-corrected chi connectivity index (χ4v) is 3.97. The number of hydrogen-bond donors (Lipinski definition) is 2. The molecule has 1 aliphatic rings. The minimum absolute atomic E-state index is 0.0600. The van der Waals surface area contributed by atoms with E-state index in [4.69, 9.17) is 9.84 Å². The number of amides is 2. The number of hydrogen-bond acceptors (Lipinski definition) is 5. The summed E-state index contributed by atoms with van der Waals surface area (Å²) >= 11 is 0. The molecule has 3 rings (SSSR count). The van der Waals surface area contributed by atoms with Gasteiger partial charge in [-0.1, -0.05) is 48.5 Å². The molecule has 0 radical (unpaired) electrons. The molecule has 8 heteroatoms. The van der Waals surface area contributed by atoms with Crippen LogP contribution in [-0.4, -0.2) is 79.8 Å². The lowest BCUT2D eigenvalue weighted by Gasteiger charge is -2.26. The molecule has 0 aromatic heterocycles. The number of nitrogens with one attached hydrogen (secondary N) is 1. The number of carboxylic acids is 1. The minimum atomic E-state index is -0.988. The second kappa shape index (κ2) is 10.3. The Balaban J connectivity index is 1.65. The highest BCUT2D eigenvalue weighted by Gasteiger charge is 2.30. The zero-order valence-corrected chi connectivity index (χ0v) is 18.6. The average Bonchev–Trinajstić information content (AvgIpc) is 3.08. The van der Waals surface area contributed by atoms with E-state index in [0.29, 0.717) is 0 Å². The smallest absolute Gasteiger partial charge is 0.407 e. The molecule has 1 aliphatic carbocycles. The number of ether oxygens (including phenoxy) is 1. The van der Waals surface area contributed by atoms with Gasteiger partial charge in [-0.3, -0.25) is 9.59 Å². The fraction of sp³-hybridized carbons (Fsp3) is 0.375. The SMILES string of the molecule is CN(C)CC(NC(=O)OCC1c2ccccc2-c2ccccc21)C(=O)N(C)CCC(=O)O. The van der Waals surface area contributed by atoms with Crippen LogP contribution in [0, 0.1) is 0 Å². The van der Waals surface area contributed by atoms with Crippen LogP contribution in [0.1, 0.15) is 23.5 Å². The summed E-state index contributed by atoms with van der Waals surface area (Å²) in [5.41, 5.74) is 4.49. The molecule has 170 valence electrons. The van der Waals surface area contributed by atoms with Crippen molar-refractivity contribution in [3.8, 4) is 11.1 Å². The molecule has 2 aromatic carbocycles. The van der Waals surface area contributed by atoms with E-state index in [0.717, 1.165) is 22.3 Å². The third-order valence-corrected chi connectivity index (χ3v) is 5.52. The first-order valence-electron chi connectivity index (χ1n) is 10.5. The van der Waals surface area contributed by atoms with Gasteiger partial charge in [0.2, 0.25) is 5.91 Å². The minimum Gasteiger partial charge on any atom is -0.481 e. The molecule has 1 unspecified atom stereocenters. The van der Waals surface area contributed by atoms with Crippen LogP contribution in [0.25, 0.3) is 11.1 Å². The summed E-state index contributed by atoms with van der Waals surface area (Å²) in [7, 11) is 5.10. The molecule has 0 saturated carbocycles. The third-order valence-electron chi connectivity index (χ3n) is 5.52. The van der Waals surface area contributed by atoms with Crippen molar-refractivity contribution >= 4 is 18.0 Å². The number of carboxylic acid groups (broad SMARTS) is 1. The van der Waals surface area contributed by atoms with Gasteiger partial charge in [0, 0.05) is 26.1 Å². The topological polar surface area (TPSA) is 99.2 Å². The molecular formula is C24H29N3O5. The van der Waals surface area contributed by atoms with Gasteiger partial charge in [-0.05, 0) is 36.3 Å². The van der Waals surface area contributed by atoms with E-state index in [-0.39, 0.29) is 37.9 Å². The van der Waals surface area contributed by atoms with Crippen LogP contribution in [-0.2, 0) is 14.3 Å². The summed E-state index contributed by atoms with van der Waals surface area (Å²) in [4.78, 5) is 39.2. The molecule has 8 nitrogen and oxygen atoms in total. The standard InChI is InChI=1S/C24H29N3O5/c1-26(2)14-21(23(30)27(3)13-12-22(28)29)25-24(31)32-15-20-18-10-6-4-8-16(18)17-9-5-7-11-19(17)20/h4-11,20-21H,12-15H2,1-3H3,(H,25,31)(H,28,29). The van der Waals surface area contributed by atoms with Gasteiger partial charge in [0.15, 0.2) is 0 Å². The number of alkyl carbamates (subject to hydrolysis) is 1. The number of aliphatic carboxylic acids is 1. The zero-order valence-electron chi connectivity index (χ0n) is 18.6. The molecule has 0 fully saturated rings. The normalized spacial score (nSPS) is 13.2. The molecule has 0 bridgehead atoms. The van der Waals surface area contributed by atoms with Crippen molar-refractivity contribution in [3.05, 3.63) is 59.7 Å². The maximum absolute atomic E-state index is 12.8. The van der Waals surface area contributed by atoms with Crippen molar-refractivity contribution in [3.63, 3.8) is 0 Å². The van der Waals surface area contributed by atoms with Crippen LogP contribution in [0.3, 0.4) is 0 Å². The van der Waals surface area contributed by atoms with Crippen molar-refractivity contribution < 1.29 is 24.2 Å². The predicted molar refractivity (Wildman–Crippen MR) is 120 cm³/mol. The van der Waals surface area contributed by atoms with E-state index in [2.05, 4.69) is 17.4 Å². The lowest BCUT2D eigenvalue weighted by atomic mass is 9.98. The Morgan fingerprint density at radius 1 is 1.00 bits per heavy atom. The number of fused-ring (bicyclic) bond motifs is 3. The Morgan fingerprint density at radius 3 is 2.09 bits per heavy atom. The average molecular weight is 440 g/mol. The summed E-state index contributed by atoms with van der Waals surface area (Å²) in [6, 6.07) is 15.3. The van der Waals surface area contributed by atoms with Gasteiger partial charge in [-0.15, -0.1) is 0 Å². The van der Waals surface area contributed by atoms with Crippen molar-refractivity contribution in [2.75, 3.05) is 40.8 Å². The summed E-state index contributed by atoms with van der Waals surface area (Å²) in [6.45, 7) is 0.475. The van der Waals surface area contributed by atoms with Crippen molar-refractivity contribution in [2.24, 2.45) is 0 Å². The maximum Gasteiger partial charge on any atom is 0.407 e. The largest absolute Gasteiger partial charge is 0.481 e. The number of carbonyl (C=O) groups excluding carboxylic acids is 2. The first kappa shape index (κ1) is 23.3. The van der Waals surface area contributed by atoms with Crippen LogP contribution in [0.2, 0.25) is 0 Å². The predicted octanol–water partition coefficient (Wildman–Crippen LogP) is 2.39. The number of likely N-dealkylation sites (N-methyl/N-ethyl adjacent to an activating group) is 2. The van der Waals surface area contributed by atoms with Gasteiger partial charge in [-0.25, -0.2) is 4.79 Å². The van der Waals surface area contributed by atoms with E-state index < -0.39 is 18.1 Å². The molecule has 0 saturated heterocycles. The van der Waals surface area contributed by atoms with Crippen molar-refractivity contribution in [1.82, 2.24) is 15.1 Å². The molecule has 2 amide bonds. The van der Waals surface area contributed by atoms with Crippen molar-refractivity contribution in [2.45, 2.75) is 18.4 Å². The summed E-state index contributed by atoms with van der Waals surface area (Å²) in [5, 5.41) is 11.5. The van der Waals surface area contributed by atoms with E-state index in [1.807, 2.05) is 36.4 Å². The van der Waals surface area contributed by atoms with Gasteiger partial charge < -0.3 is 25.0 Å². The molecule has 32 heavy (non-hydrogen) atoms. The van der Waals surface area contributed by atoms with Gasteiger partial charge >= 0.3 is 12.1 Å². The number of rotatable bonds is 9. The van der Waals surface area contributed by atoms with Gasteiger partial charge in [0.05, 0.1) is 6.42 Å². The molecular weight excluding hydrogens is 410 g/mol. The number of carbonyl (C=O) groups is 3. The highest BCUT2D eigenvalue weighted by molar-refractivity contribution is 5.86. The van der Waals surface area contributed by atoms with E-state index in [9.17, 15) is 14.4 Å². The quantitative estimate of drug-likeness (QED) is 0.623. The Bertz CT molecular complexity index is 946. The Morgan fingerprint density at radius 2 is 1.56 bits per heavy atom. The zero-order chi connectivity index (χ0) is 23.3. The number of benzene rings is 2. The monoisotopic (exact) mass is 439 g/mol. The molecule has 0 heterocycles. The Labute approximate surface area is 187 Å². The first-order valence-corrected chi connectivity index (χ1v) is 10.5. The van der Waals surface area contributed by atoms with E-state index >= 15 is 0 Å². The van der Waals surface area contributed by atoms with Gasteiger partial charge in [0.1, 0.15) is 12.6 Å². The summed E-state index contributed by atoms with van der Waals surface area (Å²) < 4.78 is 5.55. The van der Waals surface area contributed by atoms with Crippen LogP contribution in [0.4, 0.5) is 4.79 Å². The highest BCUT2D eigenvalue weighted by atomic mass is 16.5. The Hall–Kier alpha value is -3.39. The van der Waals surface area contributed by atoms with Crippen LogP contribution >= 0.6 is 0 Å².